The number of hydrogen-bond acceptors (Lipinski definition) is 10. The van der Waals surface area contributed by atoms with Crippen molar-refractivity contribution in [2.75, 3.05) is 18.5 Å². The fourth-order valence-electron chi connectivity index (χ4n) is 5.21. The Kier molecular flexibility index (Phi) is 8.69. The molecule has 1 saturated carbocycles. The number of aliphatic hydroxyl groups is 1. The van der Waals surface area contributed by atoms with Crippen molar-refractivity contribution in [3.8, 4) is 10.4 Å². The van der Waals surface area contributed by atoms with Gasteiger partial charge in [-0.3, -0.25) is 10.4 Å². The maximum atomic E-state index is 13.8. The van der Waals surface area contributed by atoms with E-state index >= 15 is 0 Å². The minimum Gasteiger partial charge on any atom is -0.380 e. The normalized spacial score (nSPS) is 22.8. The second kappa shape index (κ2) is 12.0. The molecule has 3 heterocycles. The summed E-state index contributed by atoms with van der Waals surface area (Å²) in [6.07, 6.45) is 4.98. The molecule has 1 aliphatic carbocycles. The fourth-order valence-corrected chi connectivity index (χ4v) is 8.22. The molecule has 2 unspecified atom stereocenters. The van der Waals surface area contributed by atoms with E-state index in [1.165, 1.54) is 0 Å². The van der Waals surface area contributed by atoms with Crippen LogP contribution in [0.25, 0.3) is 10.4 Å². The van der Waals surface area contributed by atoms with E-state index < -0.39 is 21.5 Å². The molecule has 3 aromatic rings. The molecule has 212 valence electrons. The van der Waals surface area contributed by atoms with Gasteiger partial charge in [-0.2, -0.15) is 5.10 Å². The highest BCUT2D eigenvalue weighted by Gasteiger charge is 2.34. The lowest BCUT2D eigenvalue weighted by Gasteiger charge is -2.30. The van der Waals surface area contributed by atoms with E-state index in [1.54, 1.807) is 23.6 Å². The van der Waals surface area contributed by atoms with Gasteiger partial charge in [0.05, 0.1) is 32.7 Å². The Morgan fingerprint density at radius 1 is 1.18 bits per heavy atom. The third-order valence-electron chi connectivity index (χ3n) is 7.24. The Bertz CT molecular complexity index is 1360. The number of nitrogens with zero attached hydrogens (tertiary/aromatic N) is 2. The molecule has 1 aliphatic heterocycles. The number of H-pyrrole nitrogens is 1. The molecule has 1 aromatic carbocycles. The molecule has 2 fully saturated rings. The van der Waals surface area contributed by atoms with Gasteiger partial charge in [-0.15, -0.1) is 11.3 Å². The highest BCUT2D eigenvalue weighted by Crippen LogP contribution is 2.41. The number of rotatable bonds is 10. The number of hydrogen-bond donors (Lipinski definition) is 4. The predicted molar refractivity (Wildman–Crippen MR) is 151 cm³/mol. The van der Waals surface area contributed by atoms with E-state index in [0.29, 0.717) is 36.0 Å². The Morgan fingerprint density at radius 3 is 2.64 bits per heavy atom. The molecule has 0 radical (unpaired) electrons. The van der Waals surface area contributed by atoms with Crippen LogP contribution < -0.4 is 10.6 Å². The summed E-state index contributed by atoms with van der Waals surface area (Å²) in [6.45, 7) is 6.35. The number of thiazole rings is 1. The number of ether oxygens (including phenoxy) is 2. The number of anilines is 2. The average molecular weight is 576 g/mol. The third kappa shape index (κ3) is 6.69. The zero-order chi connectivity index (χ0) is 27.6. The lowest BCUT2D eigenvalue weighted by atomic mass is 9.86. The van der Waals surface area contributed by atoms with E-state index in [2.05, 4.69) is 20.8 Å². The number of sulfone groups is 1. The Morgan fingerprint density at radius 2 is 1.97 bits per heavy atom. The second-order valence-corrected chi connectivity index (χ2v) is 13.9. The quantitative estimate of drug-likeness (QED) is 0.258. The van der Waals surface area contributed by atoms with Crippen molar-refractivity contribution < 1.29 is 23.0 Å². The van der Waals surface area contributed by atoms with Crippen LogP contribution in [0.2, 0.25) is 0 Å². The molecule has 1 saturated heterocycles. The van der Waals surface area contributed by atoms with E-state index in [1.807, 2.05) is 39.0 Å². The molecule has 2 aliphatic rings. The monoisotopic (exact) mass is 575 g/mol. The number of aromatic nitrogens is 3. The predicted octanol–water partition coefficient (Wildman–Crippen LogP) is 4.46. The molecule has 10 nitrogen and oxygen atoms in total. The molecule has 0 bridgehead atoms. The van der Waals surface area contributed by atoms with Crippen molar-refractivity contribution in [2.24, 2.45) is 0 Å². The van der Waals surface area contributed by atoms with Crippen LogP contribution in [0.5, 0.6) is 0 Å². The first kappa shape index (κ1) is 28.2. The van der Waals surface area contributed by atoms with Gasteiger partial charge in [0.25, 0.3) is 0 Å². The topological polar surface area (TPSA) is 138 Å². The summed E-state index contributed by atoms with van der Waals surface area (Å²) in [5, 5.41) is 24.0. The van der Waals surface area contributed by atoms with Crippen molar-refractivity contribution >= 4 is 32.7 Å². The molecule has 4 N–H and O–H groups in total. The maximum Gasteiger partial charge on any atom is 0.213 e. The molecule has 0 amide bonds. The number of benzene rings is 1. The molecule has 39 heavy (non-hydrogen) atoms. The van der Waals surface area contributed by atoms with Crippen molar-refractivity contribution in [2.45, 2.75) is 87.5 Å². The van der Waals surface area contributed by atoms with Crippen LogP contribution in [-0.2, 0) is 19.3 Å². The number of aryl methyl sites for hydroxylation is 1. The lowest BCUT2D eigenvalue weighted by Crippen LogP contribution is -2.42. The average Bonchev–Trinajstić information content (AvgIpc) is 3.67. The molecule has 2 aromatic heterocycles. The minimum absolute atomic E-state index is 0.0492. The van der Waals surface area contributed by atoms with Crippen LogP contribution in [0.15, 0.2) is 35.4 Å². The summed E-state index contributed by atoms with van der Waals surface area (Å²) >= 11 is 1.56. The first-order valence-electron chi connectivity index (χ1n) is 13.5. The van der Waals surface area contributed by atoms with Gasteiger partial charge in [0.15, 0.2) is 15.7 Å². The van der Waals surface area contributed by atoms with E-state index in [-0.39, 0.29) is 23.6 Å². The van der Waals surface area contributed by atoms with Gasteiger partial charge in [-0.05, 0) is 65.0 Å². The first-order valence-corrected chi connectivity index (χ1v) is 15.9. The van der Waals surface area contributed by atoms with Crippen LogP contribution in [0.1, 0.15) is 62.6 Å². The largest absolute Gasteiger partial charge is 0.380 e. The van der Waals surface area contributed by atoms with Crippen molar-refractivity contribution in [3.05, 3.63) is 41.2 Å². The summed E-state index contributed by atoms with van der Waals surface area (Å²) in [4.78, 5) is 5.86. The summed E-state index contributed by atoms with van der Waals surface area (Å²) < 4.78 is 38.3. The van der Waals surface area contributed by atoms with Crippen molar-refractivity contribution in [1.82, 2.24) is 20.5 Å². The highest BCUT2D eigenvalue weighted by atomic mass is 32.2. The molecule has 12 heteroatoms. The van der Waals surface area contributed by atoms with Crippen LogP contribution in [-0.4, -0.2) is 65.7 Å². The zero-order valence-corrected chi connectivity index (χ0v) is 24.1. The number of nitrogens with one attached hydrogen (secondary N) is 3. The minimum atomic E-state index is -3.63. The maximum absolute atomic E-state index is 13.8. The van der Waals surface area contributed by atoms with Gasteiger partial charge in [0.1, 0.15) is 0 Å². The van der Waals surface area contributed by atoms with Gasteiger partial charge >= 0.3 is 0 Å². The van der Waals surface area contributed by atoms with E-state index in [9.17, 15) is 13.5 Å². The van der Waals surface area contributed by atoms with Gasteiger partial charge in [0.2, 0.25) is 6.41 Å². The van der Waals surface area contributed by atoms with E-state index in [0.717, 1.165) is 41.3 Å². The summed E-state index contributed by atoms with van der Waals surface area (Å²) in [6, 6.07) is 7.50. The summed E-state index contributed by atoms with van der Waals surface area (Å²) in [7, 11) is -3.63. The molecular weight excluding hydrogens is 538 g/mol. The smallest absolute Gasteiger partial charge is 0.213 e. The van der Waals surface area contributed by atoms with Gasteiger partial charge < -0.3 is 19.9 Å². The van der Waals surface area contributed by atoms with Gasteiger partial charge in [-0.25, -0.2) is 13.4 Å². The fraction of sp³-hybridized carbons (Fsp3) is 0.556. The lowest BCUT2D eigenvalue weighted by molar-refractivity contribution is -0.150. The number of aromatic amines is 1. The van der Waals surface area contributed by atoms with Crippen LogP contribution in [0.4, 0.5) is 11.5 Å². The Hall–Kier alpha value is -2.35. The molecule has 0 spiro atoms. The molecular formula is C27H37N5O5S2. The van der Waals surface area contributed by atoms with Gasteiger partial charge in [0, 0.05) is 47.8 Å². The number of aliphatic hydroxyl groups excluding tert-OH is 1. The third-order valence-corrected chi connectivity index (χ3v) is 10.6. The van der Waals surface area contributed by atoms with Crippen LogP contribution in [0, 0.1) is 6.92 Å². The Labute approximate surface area is 233 Å². The summed E-state index contributed by atoms with van der Waals surface area (Å²) in [5.74, 6) is 0.929. The van der Waals surface area contributed by atoms with E-state index in [4.69, 9.17) is 14.5 Å². The summed E-state index contributed by atoms with van der Waals surface area (Å²) in [5.41, 5.74) is 2.23. The van der Waals surface area contributed by atoms with Crippen LogP contribution >= 0.6 is 11.3 Å². The van der Waals surface area contributed by atoms with Crippen molar-refractivity contribution in [1.29, 1.82) is 0 Å². The highest BCUT2D eigenvalue weighted by molar-refractivity contribution is 7.92. The standard InChI is InChI=1S/C27H37N5O5S2/c1-16(2)37-27(33)30-19-6-4-18(5-7-19)26-28-14-23(38-26)22-9-8-20(29-25-12-17(3)31-32-25)13-24(22)39(34,35)21-10-11-36-15-21/h8-9,12-14,16,18-19,21,27,30,33H,4-7,10-11,15H2,1-3H3,(H2,29,31,32). The molecule has 2 atom stereocenters. The SMILES string of the molecule is Cc1cc(Nc2ccc(-c3cnc(C4CCC(NC(O)OC(C)C)CC4)s3)c(S(=O)(=O)C3CCOC3)c2)n[nH]1. The van der Waals surface area contributed by atoms with Crippen molar-refractivity contribution in [3.63, 3.8) is 0 Å². The first-order chi connectivity index (χ1) is 18.7. The Balaban J connectivity index is 1.35. The van der Waals surface area contributed by atoms with Crippen LogP contribution in [0.3, 0.4) is 0 Å². The molecule has 5 rings (SSSR count). The van der Waals surface area contributed by atoms with Gasteiger partial charge in [-0.1, -0.05) is 6.07 Å². The second-order valence-electron chi connectivity index (χ2n) is 10.6. The zero-order valence-electron chi connectivity index (χ0n) is 22.5.